The molecule has 13 heteroatoms. The standard InChI is InChI=1S/C32H53N3O7Si.CO2/c1-19(2)32(8,9)43(10,11)42-31-27(34-35-33)21(4)29(26(40-31)18-37-24(7)36)41-30-22(5)28(20(3)23(6)39-30)38-17-25-15-13-12-14-16-25;2-1-3/h12-16,19-23,26-31H,17-18H2,1-11H3;/t20-,21-,22+,23?,26?,27?,28?,29+,30+,31+;/m1./s1. The van der Waals surface area contributed by atoms with Crippen LogP contribution in [0, 0.1) is 23.7 Å². The SMILES string of the molecule is CC(=O)OCC1O[C@@H](O[Si](C)(C)C(C)(C)C(C)C)C(N=[N+]=[N-])[C@@H](C)[C@@H]1O[C@@H]1OC(C)[C@@H](C)C(OCc2ccccc2)[C@@H]1C.O=C=O. The summed E-state index contributed by atoms with van der Waals surface area (Å²) in [5.41, 5.74) is 10.7. The zero-order valence-electron chi connectivity index (χ0n) is 29.2. The molecule has 1 aromatic rings. The van der Waals surface area contributed by atoms with Gasteiger partial charge in [-0.05, 0) is 48.0 Å². The van der Waals surface area contributed by atoms with Gasteiger partial charge in [-0.3, -0.25) is 4.79 Å². The molecule has 2 aliphatic heterocycles. The van der Waals surface area contributed by atoms with Crippen LogP contribution in [0.15, 0.2) is 35.4 Å². The molecular formula is C33H53N3O9Si. The number of carbonyl (C=O) groups excluding carboxylic acids is 3. The highest BCUT2D eigenvalue weighted by molar-refractivity contribution is 6.74. The second-order valence-electron chi connectivity index (χ2n) is 13.8. The van der Waals surface area contributed by atoms with Crippen molar-refractivity contribution in [2.75, 3.05) is 6.61 Å². The second kappa shape index (κ2) is 17.5. The first-order valence-corrected chi connectivity index (χ1v) is 18.9. The number of hydrogen-bond acceptors (Lipinski definition) is 10. The highest BCUT2D eigenvalue weighted by atomic mass is 28.4. The van der Waals surface area contributed by atoms with Crippen molar-refractivity contribution in [1.29, 1.82) is 0 Å². The van der Waals surface area contributed by atoms with Crippen molar-refractivity contribution in [3.05, 3.63) is 46.3 Å². The van der Waals surface area contributed by atoms with Crippen LogP contribution < -0.4 is 0 Å². The summed E-state index contributed by atoms with van der Waals surface area (Å²) in [5, 5.41) is 4.06. The van der Waals surface area contributed by atoms with E-state index in [1.165, 1.54) is 6.92 Å². The van der Waals surface area contributed by atoms with Crippen molar-refractivity contribution < 1.29 is 42.5 Å². The molecule has 0 aliphatic carbocycles. The molecule has 0 saturated carbocycles. The van der Waals surface area contributed by atoms with Crippen LogP contribution in [0.4, 0.5) is 0 Å². The van der Waals surface area contributed by atoms with Gasteiger partial charge < -0.3 is 28.1 Å². The summed E-state index contributed by atoms with van der Waals surface area (Å²) < 4.78 is 38.3. The third-order valence-electron chi connectivity index (χ3n) is 10.2. The first kappa shape index (κ1) is 39.6. The number of rotatable bonds is 12. The number of benzene rings is 1. The second-order valence-corrected chi connectivity index (χ2v) is 18.3. The molecule has 3 rings (SSSR count). The number of nitrogens with zero attached hydrogens (tertiary/aromatic N) is 3. The summed E-state index contributed by atoms with van der Waals surface area (Å²) in [6.45, 7) is 23.1. The molecular weight excluding hydrogens is 610 g/mol. The molecule has 4 unspecified atom stereocenters. The molecule has 2 saturated heterocycles. The van der Waals surface area contributed by atoms with Gasteiger partial charge in [0.2, 0.25) is 0 Å². The zero-order valence-corrected chi connectivity index (χ0v) is 30.2. The monoisotopic (exact) mass is 663 g/mol. The highest BCUT2D eigenvalue weighted by Gasteiger charge is 2.52. The Labute approximate surface area is 274 Å². The Morgan fingerprint density at radius 1 is 1.02 bits per heavy atom. The molecule has 1 aromatic carbocycles. The maximum Gasteiger partial charge on any atom is 0.373 e. The van der Waals surface area contributed by atoms with E-state index in [9.17, 15) is 10.3 Å². The van der Waals surface area contributed by atoms with Gasteiger partial charge in [0, 0.05) is 23.7 Å². The minimum Gasteiger partial charge on any atom is -0.463 e. The normalized spacial score (nSPS) is 31.6. The van der Waals surface area contributed by atoms with Gasteiger partial charge >= 0.3 is 12.1 Å². The molecule has 2 heterocycles. The third kappa shape index (κ3) is 9.95. The van der Waals surface area contributed by atoms with Gasteiger partial charge in [0.1, 0.15) is 12.7 Å². The predicted molar refractivity (Wildman–Crippen MR) is 172 cm³/mol. The van der Waals surface area contributed by atoms with E-state index in [4.69, 9.17) is 37.7 Å². The lowest BCUT2D eigenvalue weighted by molar-refractivity contribution is -0.318. The molecule has 46 heavy (non-hydrogen) atoms. The fourth-order valence-corrected chi connectivity index (χ4v) is 8.32. The zero-order chi connectivity index (χ0) is 34.8. The van der Waals surface area contributed by atoms with Crippen LogP contribution in [0.2, 0.25) is 18.1 Å². The van der Waals surface area contributed by atoms with Crippen molar-refractivity contribution in [3.8, 4) is 0 Å². The molecule has 258 valence electrons. The van der Waals surface area contributed by atoms with Crippen LogP contribution in [-0.2, 0) is 49.1 Å². The molecule has 0 spiro atoms. The molecule has 10 atom stereocenters. The Balaban J connectivity index is 0.00000236. The summed E-state index contributed by atoms with van der Waals surface area (Å²) in [7, 11) is -2.39. The van der Waals surface area contributed by atoms with Gasteiger partial charge in [-0.2, -0.15) is 9.59 Å². The number of esters is 1. The Bertz CT molecular complexity index is 1190. The van der Waals surface area contributed by atoms with Crippen LogP contribution in [0.1, 0.15) is 67.9 Å². The third-order valence-corrected chi connectivity index (χ3v) is 14.7. The first-order valence-electron chi connectivity index (χ1n) is 16.0. The summed E-state index contributed by atoms with van der Waals surface area (Å²) in [6, 6.07) is 9.44. The Morgan fingerprint density at radius 3 is 2.17 bits per heavy atom. The molecule has 0 radical (unpaired) electrons. The minimum absolute atomic E-state index is 0.0241. The summed E-state index contributed by atoms with van der Waals surface area (Å²) in [6.07, 6.45) is -2.66. The molecule has 12 nitrogen and oxygen atoms in total. The van der Waals surface area contributed by atoms with Crippen LogP contribution in [0.3, 0.4) is 0 Å². The van der Waals surface area contributed by atoms with E-state index in [1.807, 2.05) is 44.2 Å². The van der Waals surface area contributed by atoms with E-state index in [1.54, 1.807) is 0 Å². The van der Waals surface area contributed by atoms with Gasteiger partial charge in [-0.15, -0.1) is 0 Å². The summed E-state index contributed by atoms with van der Waals surface area (Å²) >= 11 is 0. The van der Waals surface area contributed by atoms with E-state index in [0.717, 1.165) is 5.56 Å². The fourth-order valence-electron chi connectivity index (χ4n) is 5.85. The van der Waals surface area contributed by atoms with Crippen molar-refractivity contribution in [2.45, 2.75) is 130 Å². The van der Waals surface area contributed by atoms with Gasteiger partial charge in [0.15, 0.2) is 20.9 Å². The number of hydrogen-bond donors (Lipinski definition) is 0. The lowest BCUT2D eigenvalue weighted by Gasteiger charge is -2.51. The highest BCUT2D eigenvalue weighted by Crippen LogP contribution is 2.47. The van der Waals surface area contributed by atoms with Gasteiger partial charge in [-0.1, -0.05) is 83.9 Å². The number of ether oxygens (including phenoxy) is 5. The van der Waals surface area contributed by atoms with Crippen LogP contribution in [0.25, 0.3) is 10.4 Å². The molecule has 0 N–H and O–H groups in total. The van der Waals surface area contributed by atoms with Gasteiger partial charge in [0.25, 0.3) is 0 Å². The summed E-state index contributed by atoms with van der Waals surface area (Å²) in [4.78, 5) is 31.3. The number of azide groups is 1. The Hall–Kier alpha value is -2.60. The average molecular weight is 664 g/mol. The van der Waals surface area contributed by atoms with E-state index in [0.29, 0.717) is 12.5 Å². The van der Waals surface area contributed by atoms with E-state index in [2.05, 4.69) is 64.7 Å². The van der Waals surface area contributed by atoms with Gasteiger partial charge in [0.05, 0.1) is 31.0 Å². The topological polar surface area (TPSA) is 155 Å². The van der Waals surface area contributed by atoms with Crippen LogP contribution >= 0.6 is 0 Å². The number of carbonyl (C=O) groups is 1. The first-order chi connectivity index (χ1) is 21.5. The lowest BCUT2D eigenvalue weighted by Crippen LogP contribution is -2.61. The van der Waals surface area contributed by atoms with E-state index < -0.39 is 45.1 Å². The molecule has 2 fully saturated rings. The maximum atomic E-state index is 11.9. The molecule has 2 aliphatic rings. The van der Waals surface area contributed by atoms with Crippen molar-refractivity contribution in [1.82, 2.24) is 0 Å². The largest absolute Gasteiger partial charge is 0.463 e. The maximum absolute atomic E-state index is 11.9. The smallest absolute Gasteiger partial charge is 0.373 e. The lowest BCUT2D eigenvalue weighted by atomic mass is 9.85. The Morgan fingerprint density at radius 2 is 1.63 bits per heavy atom. The van der Waals surface area contributed by atoms with Crippen molar-refractivity contribution in [2.24, 2.45) is 28.8 Å². The predicted octanol–water partition coefficient (Wildman–Crippen LogP) is 6.65. The van der Waals surface area contributed by atoms with Crippen molar-refractivity contribution in [3.63, 3.8) is 0 Å². The van der Waals surface area contributed by atoms with E-state index in [-0.39, 0.29) is 47.8 Å². The van der Waals surface area contributed by atoms with Crippen LogP contribution in [0.5, 0.6) is 0 Å². The molecule has 0 aromatic heterocycles. The quantitative estimate of drug-likeness (QED) is 0.0785. The molecule has 0 bridgehead atoms. The summed E-state index contributed by atoms with van der Waals surface area (Å²) in [5.74, 6) is -0.342. The fraction of sp³-hybridized carbons (Fsp3) is 0.758. The van der Waals surface area contributed by atoms with Gasteiger partial charge in [-0.25, -0.2) is 0 Å². The van der Waals surface area contributed by atoms with Crippen molar-refractivity contribution >= 4 is 20.4 Å². The van der Waals surface area contributed by atoms with E-state index >= 15 is 0 Å². The van der Waals surface area contributed by atoms with Crippen LogP contribution in [-0.4, -0.2) is 70.1 Å². The average Bonchev–Trinajstić information content (AvgIpc) is 2.98. The Kier molecular flexibility index (Phi) is 15.1. The molecule has 0 amide bonds. The minimum atomic E-state index is -2.39.